The predicted molar refractivity (Wildman–Crippen MR) is 78.2 cm³/mol. The van der Waals surface area contributed by atoms with Gasteiger partial charge in [0, 0.05) is 18.2 Å². The number of rotatable bonds is 2. The SMILES string of the molecule is Cc1nc2nc(C3=CCCO3)c(-c3ccncn3)cc2[nH]1. The Morgan fingerprint density at radius 2 is 2.24 bits per heavy atom. The highest BCUT2D eigenvalue weighted by atomic mass is 16.5. The number of hydrogen-bond acceptors (Lipinski definition) is 5. The minimum absolute atomic E-state index is 0.691. The van der Waals surface area contributed by atoms with Crippen LogP contribution < -0.4 is 0 Å². The zero-order valence-electron chi connectivity index (χ0n) is 11.5. The topological polar surface area (TPSA) is 76.6 Å². The van der Waals surface area contributed by atoms with Crippen LogP contribution >= 0.6 is 0 Å². The van der Waals surface area contributed by atoms with E-state index in [1.807, 2.05) is 19.1 Å². The quantitative estimate of drug-likeness (QED) is 0.779. The van der Waals surface area contributed by atoms with E-state index in [2.05, 4.69) is 31.0 Å². The van der Waals surface area contributed by atoms with Gasteiger partial charge in [-0.2, -0.15) is 0 Å². The van der Waals surface area contributed by atoms with Crippen molar-refractivity contribution < 1.29 is 4.74 Å². The summed E-state index contributed by atoms with van der Waals surface area (Å²) in [5.41, 5.74) is 4.10. The van der Waals surface area contributed by atoms with Crippen LogP contribution in [0.2, 0.25) is 0 Å². The number of nitrogens with zero attached hydrogens (tertiary/aromatic N) is 4. The summed E-state index contributed by atoms with van der Waals surface area (Å²) >= 11 is 0. The molecule has 0 spiro atoms. The van der Waals surface area contributed by atoms with Crippen molar-refractivity contribution in [2.24, 2.45) is 0 Å². The van der Waals surface area contributed by atoms with Gasteiger partial charge in [0.25, 0.3) is 0 Å². The van der Waals surface area contributed by atoms with E-state index in [0.29, 0.717) is 12.3 Å². The molecule has 0 aromatic carbocycles. The third-order valence-corrected chi connectivity index (χ3v) is 3.39. The molecule has 4 heterocycles. The van der Waals surface area contributed by atoms with Crippen LogP contribution in [0.3, 0.4) is 0 Å². The van der Waals surface area contributed by atoms with Gasteiger partial charge in [0.2, 0.25) is 0 Å². The fraction of sp³-hybridized carbons (Fsp3) is 0.200. The van der Waals surface area contributed by atoms with Gasteiger partial charge in [-0.15, -0.1) is 0 Å². The van der Waals surface area contributed by atoms with Crippen molar-refractivity contribution in [3.8, 4) is 11.3 Å². The standard InChI is InChI=1S/C15H13N5O/c1-9-18-12-7-10(11-4-5-16-8-17-11)14(20-15(12)19-9)13-3-2-6-21-13/h3-5,7-8H,2,6H2,1H3,(H,18,19,20). The van der Waals surface area contributed by atoms with Gasteiger partial charge in [0.15, 0.2) is 5.65 Å². The van der Waals surface area contributed by atoms with E-state index in [1.54, 1.807) is 6.20 Å². The summed E-state index contributed by atoms with van der Waals surface area (Å²) in [6.45, 7) is 2.61. The molecule has 1 N–H and O–H groups in total. The van der Waals surface area contributed by atoms with Crippen LogP contribution in [-0.2, 0) is 4.74 Å². The highest BCUT2D eigenvalue weighted by molar-refractivity contribution is 5.84. The second-order valence-electron chi connectivity index (χ2n) is 4.88. The van der Waals surface area contributed by atoms with E-state index in [1.165, 1.54) is 6.33 Å². The Morgan fingerprint density at radius 3 is 3.00 bits per heavy atom. The number of nitrogens with one attached hydrogen (secondary N) is 1. The molecule has 0 fully saturated rings. The van der Waals surface area contributed by atoms with Crippen LogP contribution in [0.1, 0.15) is 17.9 Å². The zero-order chi connectivity index (χ0) is 14.2. The van der Waals surface area contributed by atoms with Gasteiger partial charge in [-0.3, -0.25) is 0 Å². The van der Waals surface area contributed by atoms with E-state index in [-0.39, 0.29) is 0 Å². The highest BCUT2D eigenvalue weighted by Gasteiger charge is 2.19. The molecular weight excluding hydrogens is 266 g/mol. The van der Waals surface area contributed by atoms with E-state index in [9.17, 15) is 0 Å². The molecule has 4 rings (SSSR count). The molecule has 6 heteroatoms. The Morgan fingerprint density at radius 1 is 1.29 bits per heavy atom. The van der Waals surface area contributed by atoms with E-state index in [0.717, 1.165) is 40.5 Å². The number of H-pyrrole nitrogens is 1. The molecule has 3 aromatic heterocycles. The summed E-state index contributed by atoms with van der Waals surface area (Å²) in [5, 5.41) is 0. The van der Waals surface area contributed by atoms with Crippen LogP contribution in [0.25, 0.3) is 28.2 Å². The third kappa shape index (κ3) is 2.05. The largest absolute Gasteiger partial charge is 0.491 e. The Kier molecular flexibility index (Phi) is 2.67. The first-order valence-electron chi connectivity index (χ1n) is 6.78. The molecule has 0 amide bonds. The maximum absolute atomic E-state index is 5.67. The average Bonchev–Trinajstić information content (AvgIpc) is 3.14. The fourth-order valence-electron chi connectivity index (χ4n) is 2.48. The number of aromatic amines is 1. The lowest BCUT2D eigenvalue weighted by molar-refractivity contribution is 0.306. The van der Waals surface area contributed by atoms with E-state index in [4.69, 9.17) is 4.74 Å². The molecule has 0 saturated heterocycles. The van der Waals surface area contributed by atoms with Gasteiger partial charge in [-0.25, -0.2) is 19.9 Å². The summed E-state index contributed by atoms with van der Waals surface area (Å²) in [7, 11) is 0. The molecule has 1 aliphatic rings. The summed E-state index contributed by atoms with van der Waals surface area (Å²) in [6, 6.07) is 3.88. The molecule has 0 atom stereocenters. The van der Waals surface area contributed by atoms with Gasteiger partial charge in [0.05, 0.1) is 17.8 Å². The van der Waals surface area contributed by atoms with Gasteiger partial charge < -0.3 is 9.72 Å². The summed E-state index contributed by atoms with van der Waals surface area (Å²) in [5.74, 6) is 1.63. The van der Waals surface area contributed by atoms with Crippen molar-refractivity contribution in [1.29, 1.82) is 0 Å². The lowest BCUT2D eigenvalue weighted by Gasteiger charge is -2.09. The van der Waals surface area contributed by atoms with Crippen LogP contribution in [0.15, 0.2) is 30.7 Å². The van der Waals surface area contributed by atoms with Crippen molar-refractivity contribution in [3.63, 3.8) is 0 Å². The maximum atomic E-state index is 5.67. The second kappa shape index (κ2) is 4.66. The van der Waals surface area contributed by atoms with Crippen molar-refractivity contribution in [2.45, 2.75) is 13.3 Å². The van der Waals surface area contributed by atoms with E-state index >= 15 is 0 Å². The van der Waals surface area contributed by atoms with Crippen molar-refractivity contribution >= 4 is 16.9 Å². The normalized spacial score (nSPS) is 14.2. The molecule has 21 heavy (non-hydrogen) atoms. The number of aromatic nitrogens is 5. The molecule has 0 saturated carbocycles. The molecule has 3 aromatic rings. The first-order valence-corrected chi connectivity index (χ1v) is 6.78. The first kappa shape index (κ1) is 12.0. The van der Waals surface area contributed by atoms with Crippen LogP contribution in [-0.4, -0.2) is 31.5 Å². The Hall–Kier alpha value is -2.76. The van der Waals surface area contributed by atoms with Gasteiger partial charge in [-0.05, 0) is 25.1 Å². The van der Waals surface area contributed by atoms with Crippen LogP contribution in [0.4, 0.5) is 0 Å². The molecule has 104 valence electrons. The molecule has 0 bridgehead atoms. The number of imidazole rings is 1. The monoisotopic (exact) mass is 279 g/mol. The Bertz CT molecular complexity index is 838. The number of ether oxygens (including phenoxy) is 1. The third-order valence-electron chi connectivity index (χ3n) is 3.39. The molecule has 0 aliphatic carbocycles. The second-order valence-corrected chi connectivity index (χ2v) is 4.88. The van der Waals surface area contributed by atoms with Crippen LogP contribution in [0.5, 0.6) is 0 Å². The average molecular weight is 279 g/mol. The molecule has 0 unspecified atom stereocenters. The molecule has 0 radical (unpaired) electrons. The van der Waals surface area contributed by atoms with Gasteiger partial charge in [-0.1, -0.05) is 0 Å². The molecule has 6 nitrogen and oxygen atoms in total. The van der Waals surface area contributed by atoms with Crippen molar-refractivity contribution in [3.05, 3.63) is 42.3 Å². The maximum Gasteiger partial charge on any atom is 0.178 e. The minimum Gasteiger partial charge on any atom is -0.491 e. The number of aryl methyl sites for hydroxylation is 1. The van der Waals surface area contributed by atoms with Crippen molar-refractivity contribution in [2.75, 3.05) is 6.61 Å². The smallest absolute Gasteiger partial charge is 0.178 e. The van der Waals surface area contributed by atoms with E-state index < -0.39 is 0 Å². The van der Waals surface area contributed by atoms with Crippen molar-refractivity contribution in [1.82, 2.24) is 24.9 Å². The van der Waals surface area contributed by atoms with Gasteiger partial charge >= 0.3 is 0 Å². The zero-order valence-corrected chi connectivity index (χ0v) is 11.5. The Labute approximate surface area is 121 Å². The minimum atomic E-state index is 0.691. The summed E-state index contributed by atoms with van der Waals surface area (Å²) in [4.78, 5) is 20.6. The highest BCUT2D eigenvalue weighted by Crippen LogP contribution is 2.31. The fourth-order valence-corrected chi connectivity index (χ4v) is 2.48. The summed E-state index contributed by atoms with van der Waals surface area (Å²) < 4.78 is 5.67. The predicted octanol–water partition coefficient (Wildman–Crippen LogP) is 2.48. The Balaban J connectivity index is 1.99. The number of hydrogen-bond donors (Lipinski definition) is 1. The molecular formula is C15H13N5O. The number of fused-ring (bicyclic) bond motifs is 1. The molecule has 1 aliphatic heterocycles. The first-order chi connectivity index (χ1) is 10.3. The van der Waals surface area contributed by atoms with Gasteiger partial charge in [0.1, 0.15) is 23.6 Å². The lowest BCUT2D eigenvalue weighted by atomic mass is 10.1. The number of pyridine rings is 1. The lowest BCUT2D eigenvalue weighted by Crippen LogP contribution is -1.97. The van der Waals surface area contributed by atoms with Crippen LogP contribution in [0, 0.1) is 6.92 Å². The summed E-state index contributed by atoms with van der Waals surface area (Å²) in [6.07, 6.45) is 6.21.